The Hall–Kier alpha value is -0.110. The first-order valence-electron chi connectivity index (χ1n) is 5.11. The fraction of sp³-hybridized carbons (Fsp3) is 1.00. The first kappa shape index (κ1) is 11.9. The molecular formula is C10H22FN. The van der Waals surface area contributed by atoms with Crippen LogP contribution in [0.4, 0.5) is 4.39 Å². The molecule has 0 bridgehead atoms. The molecule has 1 aliphatic rings. The van der Waals surface area contributed by atoms with Crippen molar-refractivity contribution in [1.82, 2.24) is 4.90 Å². The lowest BCUT2D eigenvalue weighted by Gasteiger charge is -2.29. The molecule has 0 radical (unpaired) electrons. The number of likely N-dealkylation sites (tertiary alicyclic amines) is 1. The van der Waals surface area contributed by atoms with Crippen molar-refractivity contribution in [3.8, 4) is 0 Å². The van der Waals surface area contributed by atoms with E-state index in [1.807, 2.05) is 13.8 Å². The molecule has 0 N–H and O–H groups in total. The van der Waals surface area contributed by atoms with Crippen LogP contribution in [0.2, 0.25) is 0 Å². The summed E-state index contributed by atoms with van der Waals surface area (Å²) < 4.78 is 11.8. The second-order valence-electron chi connectivity index (χ2n) is 3.21. The molecule has 0 aliphatic carbocycles. The Kier molecular flexibility index (Phi) is 7.47. The van der Waals surface area contributed by atoms with Gasteiger partial charge in [0.2, 0.25) is 0 Å². The first-order valence-corrected chi connectivity index (χ1v) is 5.11. The number of piperidine rings is 1. The Balaban J connectivity index is 0.000000561. The number of hydrogen-bond acceptors (Lipinski definition) is 1. The molecule has 74 valence electrons. The Bertz CT molecular complexity index is 87.8. The molecule has 1 heterocycles. The van der Waals surface area contributed by atoms with Crippen molar-refractivity contribution < 1.29 is 4.39 Å². The van der Waals surface area contributed by atoms with Gasteiger partial charge >= 0.3 is 0 Å². The van der Waals surface area contributed by atoms with Crippen LogP contribution in [0.3, 0.4) is 0 Å². The molecule has 2 heteroatoms. The number of halogens is 1. The van der Waals surface area contributed by atoms with E-state index in [4.69, 9.17) is 0 Å². The molecule has 0 saturated carbocycles. The average molecular weight is 175 g/mol. The van der Waals surface area contributed by atoms with Gasteiger partial charge in [0.15, 0.2) is 0 Å². The van der Waals surface area contributed by atoms with Crippen molar-refractivity contribution in [3.63, 3.8) is 0 Å². The Morgan fingerprint density at radius 1 is 1.25 bits per heavy atom. The Morgan fingerprint density at radius 3 is 2.17 bits per heavy atom. The molecule has 0 amide bonds. The molecule has 1 nitrogen and oxygen atoms in total. The van der Waals surface area contributed by atoms with E-state index in [1.165, 1.54) is 12.8 Å². The summed E-state index contributed by atoms with van der Waals surface area (Å²) in [6.45, 7) is 8.93. The molecule has 0 aromatic carbocycles. The minimum atomic E-state index is -0.186. The van der Waals surface area contributed by atoms with Crippen LogP contribution in [0.1, 0.15) is 33.6 Å². The summed E-state index contributed by atoms with van der Waals surface area (Å²) in [6.07, 6.45) is 2.50. The van der Waals surface area contributed by atoms with Gasteiger partial charge in [-0.25, -0.2) is 4.39 Å². The van der Waals surface area contributed by atoms with Crippen LogP contribution in [0.25, 0.3) is 0 Å². The number of alkyl halides is 1. The molecule has 0 unspecified atom stereocenters. The molecule has 0 aromatic rings. The molecule has 1 aliphatic heterocycles. The van der Waals surface area contributed by atoms with Gasteiger partial charge in [-0.05, 0) is 31.8 Å². The monoisotopic (exact) mass is 175 g/mol. The molecule has 1 saturated heterocycles. The normalized spacial score (nSPS) is 20.0. The van der Waals surface area contributed by atoms with Gasteiger partial charge in [0.25, 0.3) is 0 Å². The van der Waals surface area contributed by atoms with Gasteiger partial charge in [-0.2, -0.15) is 0 Å². The van der Waals surface area contributed by atoms with Crippen LogP contribution < -0.4 is 0 Å². The second-order valence-corrected chi connectivity index (χ2v) is 3.21. The summed E-state index contributed by atoms with van der Waals surface area (Å²) in [4.78, 5) is 2.21. The number of nitrogens with zero attached hydrogens (tertiary/aromatic N) is 1. The summed E-state index contributed by atoms with van der Waals surface area (Å²) in [5, 5.41) is 0. The van der Waals surface area contributed by atoms with E-state index in [-0.39, 0.29) is 6.67 Å². The standard InChI is InChI=1S/C8H16FN.C2H6/c1-8-2-5-10(6-3-8)7-4-9;1-2/h8H,2-7H2,1H3;1-2H3. The highest BCUT2D eigenvalue weighted by Gasteiger charge is 2.14. The highest BCUT2D eigenvalue weighted by molar-refractivity contribution is 4.68. The van der Waals surface area contributed by atoms with Crippen molar-refractivity contribution >= 4 is 0 Å². The van der Waals surface area contributed by atoms with Gasteiger partial charge in [0.05, 0.1) is 0 Å². The van der Waals surface area contributed by atoms with Gasteiger partial charge in [-0.15, -0.1) is 0 Å². The van der Waals surface area contributed by atoms with Gasteiger partial charge in [-0.3, -0.25) is 0 Å². The molecule has 12 heavy (non-hydrogen) atoms. The third-order valence-electron chi connectivity index (χ3n) is 2.28. The predicted molar refractivity (Wildman–Crippen MR) is 52.2 cm³/mol. The van der Waals surface area contributed by atoms with E-state index in [1.54, 1.807) is 0 Å². The lowest BCUT2D eigenvalue weighted by Crippen LogP contribution is -2.34. The minimum Gasteiger partial charge on any atom is -0.301 e. The van der Waals surface area contributed by atoms with Crippen LogP contribution in [-0.2, 0) is 0 Å². The minimum absolute atomic E-state index is 0.186. The maximum Gasteiger partial charge on any atom is 0.102 e. The SMILES string of the molecule is CC.CC1CCN(CCF)CC1. The summed E-state index contributed by atoms with van der Waals surface area (Å²) in [6, 6.07) is 0. The summed E-state index contributed by atoms with van der Waals surface area (Å²) >= 11 is 0. The number of rotatable bonds is 2. The van der Waals surface area contributed by atoms with E-state index >= 15 is 0 Å². The zero-order valence-corrected chi connectivity index (χ0v) is 8.65. The number of hydrogen-bond donors (Lipinski definition) is 0. The van der Waals surface area contributed by atoms with Crippen LogP contribution in [-0.4, -0.2) is 31.2 Å². The smallest absolute Gasteiger partial charge is 0.102 e. The molecular weight excluding hydrogens is 153 g/mol. The van der Waals surface area contributed by atoms with Crippen LogP contribution >= 0.6 is 0 Å². The van der Waals surface area contributed by atoms with Crippen molar-refractivity contribution in [2.75, 3.05) is 26.3 Å². The van der Waals surface area contributed by atoms with Crippen LogP contribution in [0.5, 0.6) is 0 Å². The van der Waals surface area contributed by atoms with Gasteiger partial charge in [0, 0.05) is 6.54 Å². The van der Waals surface area contributed by atoms with Gasteiger partial charge < -0.3 is 4.90 Å². The van der Waals surface area contributed by atoms with E-state index in [0.29, 0.717) is 6.54 Å². The predicted octanol–water partition coefficient (Wildman–Crippen LogP) is 2.71. The molecule has 0 atom stereocenters. The van der Waals surface area contributed by atoms with E-state index in [9.17, 15) is 4.39 Å². The molecule has 0 aromatic heterocycles. The Morgan fingerprint density at radius 2 is 1.75 bits per heavy atom. The average Bonchev–Trinajstić information content (AvgIpc) is 2.13. The zero-order valence-electron chi connectivity index (χ0n) is 8.65. The van der Waals surface area contributed by atoms with E-state index in [0.717, 1.165) is 19.0 Å². The fourth-order valence-electron chi connectivity index (χ4n) is 1.41. The van der Waals surface area contributed by atoms with Crippen LogP contribution in [0, 0.1) is 5.92 Å². The molecule has 1 rings (SSSR count). The summed E-state index contributed by atoms with van der Waals surface area (Å²) in [5.74, 6) is 0.857. The van der Waals surface area contributed by atoms with Crippen molar-refractivity contribution in [2.45, 2.75) is 33.6 Å². The lowest BCUT2D eigenvalue weighted by molar-refractivity contribution is 0.180. The molecule has 0 spiro atoms. The van der Waals surface area contributed by atoms with Crippen molar-refractivity contribution in [3.05, 3.63) is 0 Å². The quantitative estimate of drug-likeness (QED) is 0.623. The lowest BCUT2D eigenvalue weighted by atomic mass is 9.99. The van der Waals surface area contributed by atoms with E-state index in [2.05, 4.69) is 11.8 Å². The third kappa shape index (κ3) is 4.70. The zero-order chi connectivity index (χ0) is 9.40. The van der Waals surface area contributed by atoms with Crippen molar-refractivity contribution in [2.24, 2.45) is 5.92 Å². The summed E-state index contributed by atoms with van der Waals surface area (Å²) in [5.41, 5.74) is 0. The molecule has 1 fully saturated rings. The summed E-state index contributed by atoms with van der Waals surface area (Å²) in [7, 11) is 0. The van der Waals surface area contributed by atoms with Crippen LogP contribution in [0.15, 0.2) is 0 Å². The second kappa shape index (κ2) is 7.53. The van der Waals surface area contributed by atoms with E-state index < -0.39 is 0 Å². The van der Waals surface area contributed by atoms with Gasteiger partial charge in [0.1, 0.15) is 6.67 Å². The maximum absolute atomic E-state index is 11.8. The maximum atomic E-state index is 11.8. The first-order chi connectivity index (χ1) is 5.83. The highest BCUT2D eigenvalue weighted by atomic mass is 19.1. The largest absolute Gasteiger partial charge is 0.301 e. The third-order valence-corrected chi connectivity index (χ3v) is 2.28. The van der Waals surface area contributed by atoms with Crippen molar-refractivity contribution in [1.29, 1.82) is 0 Å². The van der Waals surface area contributed by atoms with Gasteiger partial charge in [-0.1, -0.05) is 20.8 Å². The highest BCUT2D eigenvalue weighted by Crippen LogP contribution is 2.15. The topological polar surface area (TPSA) is 3.24 Å². The Labute approximate surface area is 75.9 Å². The fourth-order valence-corrected chi connectivity index (χ4v) is 1.41.